The molecule has 0 aromatic heterocycles. The first-order chi connectivity index (χ1) is 8.24. The van der Waals surface area contributed by atoms with Crippen LogP contribution >= 0.6 is 0 Å². The molecule has 0 radical (unpaired) electrons. The molecule has 0 aromatic carbocycles. The van der Waals surface area contributed by atoms with Gasteiger partial charge in [0.25, 0.3) is 0 Å². The van der Waals surface area contributed by atoms with Crippen molar-refractivity contribution >= 4 is 0 Å². The topological polar surface area (TPSA) is 23.8 Å². The van der Waals surface area contributed by atoms with E-state index >= 15 is 0 Å². The van der Waals surface area contributed by atoms with Crippen LogP contribution in [0.5, 0.6) is 0 Å². The third kappa shape index (κ3) is 3.47. The maximum Gasteiger partial charge on any atom is 0.0689 e. The molecule has 96 valence electrons. The second-order valence-electron chi connectivity index (χ2n) is 6.62. The molecule has 0 bridgehead atoms. The molecule has 0 aromatic rings. The van der Waals surface area contributed by atoms with E-state index in [1.807, 2.05) is 0 Å². The largest absolute Gasteiger partial charge is 0.198 e. The maximum absolute atomic E-state index is 9.51. The van der Waals surface area contributed by atoms with Crippen molar-refractivity contribution in [3.63, 3.8) is 0 Å². The third-order valence-corrected chi connectivity index (χ3v) is 5.22. The molecule has 0 saturated heterocycles. The molecule has 1 nitrogen and oxygen atoms in total. The molecule has 0 atom stereocenters. The molecular formula is C16H27N. The van der Waals surface area contributed by atoms with Crippen LogP contribution in [0.3, 0.4) is 0 Å². The van der Waals surface area contributed by atoms with Crippen molar-refractivity contribution in [2.45, 2.75) is 77.6 Å². The zero-order chi connectivity index (χ0) is 12.1. The predicted octanol–water partition coefficient (Wildman–Crippen LogP) is 5.07. The number of nitrogens with zero attached hydrogens (tertiary/aromatic N) is 1. The predicted molar refractivity (Wildman–Crippen MR) is 71.5 cm³/mol. The summed E-state index contributed by atoms with van der Waals surface area (Å²) in [6, 6.07) is 2.68. The Morgan fingerprint density at radius 2 is 1.71 bits per heavy atom. The highest BCUT2D eigenvalue weighted by Gasteiger charge is 2.34. The molecule has 17 heavy (non-hydrogen) atoms. The van der Waals surface area contributed by atoms with E-state index in [4.69, 9.17) is 0 Å². The lowest BCUT2D eigenvalue weighted by Crippen LogP contribution is -2.26. The Morgan fingerprint density at radius 1 is 1.06 bits per heavy atom. The smallest absolute Gasteiger partial charge is 0.0689 e. The van der Waals surface area contributed by atoms with Crippen molar-refractivity contribution in [3.8, 4) is 6.07 Å². The van der Waals surface area contributed by atoms with Gasteiger partial charge in [-0.2, -0.15) is 5.26 Å². The van der Waals surface area contributed by atoms with E-state index in [1.54, 1.807) is 0 Å². The van der Waals surface area contributed by atoms with Crippen LogP contribution in [0.1, 0.15) is 77.6 Å². The average molecular weight is 233 g/mol. The van der Waals surface area contributed by atoms with Crippen LogP contribution < -0.4 is 0 Å². The molecule has 2 rings (SSSR count). The second kappa shape index (κ2) is 5.89. The molecule has 0 spiro atoms. The van der Waals surface area contributed by atoms with Crippen molar-refractivity contribution in [2.75, 3.05) is 0 Å². The summed E-state index contributed by atoms with van der Waals surface area (Å²) in [5, 5.41) is 9.51. The van der Waals surface area contributed by atoms with Crippen molar-refractivity contribution in [2.24, 2.45) is 17.3 Å². The average Bonchev–Trinajstić information content (AvgIpc) is 2.40. The van der Waals surface area contributed by atoms with E-state index in [-0.39, 0.29) is 5.41 Å². The Balaban J connectivity index is 1.81. The normalized spacial score (nSPS) is 35.4. The summed E-state index contributed by atoms with van der Waals surface area (Å²) in [6.07, 6.45) is 14.5. The molecule has 0 aliphatic heterocycles. The van der Waals surface area contributed by atoms with E-state index in [9.17, 15) is 5.26 Å². The summed E-state index contributed by atoms with van der Waals surface area (Å²) in [7, 11) is 0. The summed E-state index contributed by atoms with van der Waals surface area (Å²) < 4.78 is 0. The van der Waals surface area contributed by atoms with Gasteiger partial charge in [0.05, 0.1) is 11.5 Å². The van der Waals surface area contributed by atoms with E-state index in [0.29, 0.717) is 0 Å². The molecule has 2 aliphatic rings. The van der Waals surface area contributed by atoms with Gasteiger partial charge in [-0.25, -0.2) is 0 Å². The van der Waals surface area contributed by atoms with Gasteiger partial charge in [-0.3, -0.25) is 0 Å². The zero-order valence-corrected chi connectivity index (χ0v) is 11.4. The minimum Gasteiger partial charge on any atom is -0.198 e. The van der Waals surface area contributed by atoms with Gasteiger partial charge in [-0.1, -0.05) is 39.0 Å². The summed E-state index contributed by atoms with van der Waals surface area (Å²) in [5.41, 5.74) is 0.0595. The first kappa shape index (κ1) is 12.9. The summed E-state index contributed by atoms with van der Waals surface area (Å²) in [4.78, 5) is 0. The fourth-order valence-electron chi connectivity index (χ4n) is 3.69. The van der Waals surface area contributed by atoms with Crippen LogP contribution in [0.2, 0.25) is 0 Å². The Morgan fingerprint density at radius 3 is 2.29 bits per heavy atom. The van der Waals surface area contributed by atoms with Gasteiger partial charge < -0.3 is 0 Å². The van der Waals surface area contributed by atoms with E-state index < -0.39 is 0 Å². The summed E-state index contributed by atoms with van der Waals surface area (Å²) >= 11 is 0. The van der Waals surface area contributed by atoms with Crippen molar-refractivity contribution in [1.82, 2.24) is 0 Å². The number of nitriles is 1. The van der Waals surface area contributed by atoms with Crippen LogP contribution in [0.4, 0.5) is 0 Å². The van der Waals surface area contributed by atoms with E-state index in [0.717, 1.165) is 24.7 Å². The highest BCUT2D eigenvalue weighted by atomic mass is 14.4. The SMILES string of the molecule is CC1CCC(C#N)(CCC2CCCCC2)CC1. The molecular weight excluding hydrogens is 206 g/mol. The first-order valence-electron chi connectivity index (χ1n) is 7.65. The Hall–Kier alpha value is -0.510. The second-order valence-corrected chi connectivity index (χ2v) is 6.62. The standard InChI is InChI=1S/C16H27N/c1-14-7-10-16(13-17,11-8-14)12-9-15-5-3-2-4-6-15/h14-15H,2-12H2,1H3. The third-order valence-electron chi connectivity index (χ3n) is 5.22. The maximum atomic E-state index is 9.51. The quantitative estimate of drug-likeness (QED) is 0.668. The highest BCUT2D eigenvalue weighted by Crippen LogP contribution is 2.43. The van der Waals surface area contributed by atoms with Gasteiger partial charge in [0, 0.05) is 0 Å². The van der Waals surface area contributed by atoms with E-state index in [1.165, 1.54) is 57.8 Å². The number of hydrogen-bond acceptors (Lipinski definition) is 1. The van der Waals surface area contributed by atoms with Crippen molar-refractivity contribution in [3.05, 3.63) is 0 Å². The number of rotatable bonds is 3. The fraction of sp³-hybridized carbons (Fsp3) is 0.938. The van der Waals surface area contributed by atoms with Gasteiger partial charge in [-0.15, -0.1) is 0 Å². The van der Waals surface area contributed by atoms with Crippen molar-refractivity contribution < 1.29 is 0 Å². The summed E-state index contributed by atoms with van der Waals surface area (Å²) in [5.74, 6) is 1.79. The monoisotopic (exact) mass is 233 g/mol. The molecule has 0 unspecified atom stereocenters. The molecule has 0 N–H and O–H groups in total. The first-order valence-corrected chi connectivity index (χ1v) is 7.65. The minimum absolute atomic E-state index is 0.0595. The highest BCUT2D eigenvalue weighted by molar-refractivity contribution is 5.01. The molecule has 2 fully saturated rings. The zero-order valence-electron chi connectivity index (χ0n) is 11.4. The Labute approximate surface area is 107 Å². The van der Waals surface area contributed by atoms with Crippen LogP contribution in [0.25, 0.3) is 0 Å². The van der Waals surface area contributed by atoms with Crippen LogP contribution in [0, 0.1) is 28.6 Å². The van der Waals surface area contributed by atoms with Crippen LogP contribution in [-0.4, -0.2) is 0 Å². The molecule has 2 aliphatic carbocycles. The lowest BCUT2D eigenvalue weighted by atomic mass is 9.68. The number of hydrogen-bond donors (Lipinski definition) is 0. The van der Waals surface area contributed by atoms with Gasteiger partial charge in [0.15, 0.2) is 0 Å². The molecule has 0 heterocycles. The summed E-state index contributed by atoms with van der Waals surface area (Å²) in [6.45, 7) is 2.34. The Bertz CT molecular complexity index is 262. The Kier molecular flexibility index (Phi) is 4.48. The van der Waals surface area contributed by atoms with Crippen LogP contribution in [-0.2, 0) is 0 Å². The molecule has 2 saturated carbocycles. The minimum atomic E-state index is 0.0595. The van der Waals surface area contributed by atoms with Crippen molar-refractivity contribution in [1.29, 1.82) is 5.26 Å². The van der Waals surface area contributed by atoms with Gasteiger partial charge in [-0.05, 0) is 50.4 Å². The molecule has 0 amide bonds. The molecule has 1 heteroatoms. The van der Waals surface area contributed by atoms with E-state index in [2.05, 4.69) is 13.0 Å². The van der Waals surface area contributed by atoms with Gasteiger partial charge in [0.2, 0.25) is 0 Å². The lowest BCUT2D eigenvalue weighted by molar-refractivity contribution is 0.183. The van der Waals surface area contributed by atoms with Gasteiger partial charge in [0.1, 0.15) is 0 Å². The van der Waals surface area contributed by atoms with Crippen LogP contribution in [0.15, 0.2) is 0 Å². The van der Waals surface area contributed by atoms with Gasteiger partial charge >= 0.3 is 0 Å². The fourth-order valence-corrected chi connectivity index (χ4v) is 3.69. The lowest BCUT2D eigenvalue weighted by Gasteiger charge is -2.35.